The number of hydrogen-bond acceptors (Lipinski definition) is 2. The Morgan fingerprint density at radius 3 is 2.61 bits per heavy atom. The van der Waals surface area contributed by atoms with Gasteiger partial charge in [0.05, 0.1) is 5.56 Å². The number of halogens is 1. The number of phenolic OH excluding ortho intramolecular Hbond substituents is 1. The fraction of sp³-hybridized carbons (Fsp3) is 0.0714. The van der Waals surface area contributed by atoms with Gasteiger partial charge in [0.1, 0.15) is 5.75 Å². The summed E-state index contributed by atoms with van der Waals surface area (Å²) in [6, 6.07) is 9.63. The van der Waals surface area contributed by atoms with Gasteiger partial charge in [-0.05, 0) is 47.9 Å². The van der Waals surface area contributed by atoms with Gasteiger partial charge >= 0.3 is 5.97 Å². The van der Waals surface area contributed by atoms with Crippen LogP contribution in [-0.4, -0.2) is 16.2 Å². The van der Waals surface area contributed by atoms with E-state index in [0.29, 0.717) is 10.6 Å². The zero-order valence-electron chi connectivity index (χ0n) is 9.64. The third kappa shape index (κ3) is 2.31. The van der Waals surface area contributed by atoms with Crippen LogP contribution in [0.1, 0.15) is 15.9 Å². The van der Waals surface area contributed by atoms with Crippen molar-refractivity contribution in [2.75, 3.05) is 0 Å². The number of benzene rings is 2. The first-order valence-electron chi connectivity index (χ1n) is 5.32. The number of aromatic carboxylic acids is 1. The van der Waals surface area contributed by atoms with E-state index in [2.05, 4.69) is 0 Å². The summed E-state index contributed by atoms with van der Waals surface area (Å²) < 4.78 is 0. The molecule has 0 heterocycles. The molecule has 18 heavy (non-hydrogen) atoms. The zero-order chi connectivity index (χ0) is 13.3. The summed E-state index contributed by atoms with van der Waals surface area (Å²) in [6.07, 6.45) is 0. The van der Waals surface area contributed by atoms with Crippen molar-refractivity contribution in [2.24, 2.45) is 0 Å². The number of carboxylic acids is 1. The highest BCUT2D eigenvalue weighted by atomic mass is 35.5. The molecule has 0 bridgehead atoms. The molecular formula is C14H11ClO3. The van der Waals surface area contributed by atoms with Crippen LogP contribution in [0.2, 0.25) is 5.02 Å². The number of carboxylic acid groups (broad SMARTS) is 1. The highest BCUT2D eigenvalue weighted by Gasteiger charge is 2.10. The maximum Gasteiger partial charge on any atom is 0.335 e. The van der Waals surface area contributed by atoms with Crippen molar-refractivity contribution in [2.45, 2.75) is 6.92 Å². The van der Waals surface area contributed by atoms with Gasteiger partial charge in [-0.3, -0.25) is 0 Å². The molecule has 0 radical (unpaired) electrons. The van der Waals surface area contributed by atoms with E-state index in [-0.39, 0.29) is 11.3 Å². The second-order valence-corrected chi connectivity index (χ2v) is 4.39. The summed E-state index contributed by atoms with van der Waals surface area (Å²) in [5.41, 5.74) is 2.33. The standard InChI is InChI=1S/C14H11ClO3/c1-8-12(3-2-4-13(8)15)9-5-10(14(17)18)7-11(16)6-9/h2-7,16H,1H3,(H,17,18). The first kappa shape index (κ1) is 12.5. The van der Waals surface area contributed by atoms with Gasteiger partial charge in [0.2, 0.25) is 0 Å². The minimum absolute atomic E-state index is 0.0457. The lowest BCUT2D eigenvalue weighted by atomic mass is 9.98. The molecule has 0 spiro atoms. The summed E-state index contributed by atoms with van der Waals surface area (Å²) in [7, 11) is 0. The SMILES string of the molecule is Cc1c(Cl)cccc1-c1cc(O)cc(C(=O)O)c1. The first-order valence-corrected chi connectivity index (χ1v) is 5.69. The Bertz CT molecular complexity index is 620. The quantitative estimate of drug-likeness (QED) is 0.867. The van der Waals surface area contributed by atoms with Crippen molar-refractivity contribution in [3.05, 3.63) is 52.5 Å². The van der Waals surface area contributed by atoms with Crippen LogP contribution in [0.5, 0.6) is 5.75 Å². The van der Waals surface area contributed by atoms with E-state index in [4.69, 9.17) is 16.7 Å². The van der Waals surface area contributed by atoms with Gasteiger partial charge in [0.15, 0.2) is 0 Å². The van der Waals surface area contributed by atoms with Crippen molar-refractivity contribution in [3.63, 3.8) is 0 Å². The average Bonchev–Trinajstić information content (AvgIpc) is 2.31. The molecule has 0 fully saturated rings. The van der Waals surface area contributed by atoms with Crippen LogP contribution >= 0.6 is 11.6 Å². The Balaban J connectivity index is 2.64. The number of carbonyl (C=O) groups is 1. The van der Waals surface area contributed by atoms with Crippen LogP contribution in [0.4, 0.5) is 0 Å². The Kier molecular flexibility index (Phi) is 3.26. The normalized spacial score (nSPS) is 10.3. The highest BCUT2D eigenvalue weighted by molar-refractivity contribution is 6.31. The molecule has 2 rings (SSSR count). The van der Waals surface area contributed by atoms with Crippen LogP contribution in [0.25, 0.3) is 11.1 Å². The van der Waals surface area contributed by atoms with Gasteiger partial charge in [-0.15, -0.1) is 0 Å². The summed E-state index contributed by atoms with van der Waals surface area (Å²) in [6.45, 7) is 1.85. The molecule has 0 atom stereocenters. The van der Waals surface area contributed by atoms with Crippen molar-refractivity contribution < 1.29 is 15.0 Å². The second kappa shape index (κ2) is 4.70. The molecule has 0 aliphatic rings. The van der Waals surface area contributed by atoms with Gasteiger partial charge < -0.3 is 10.2 Å². The molecule has 0 saturated carbocycles. The van der Waals surface area contributed by atoms with Gasteiger partial charge in [-0.2, -0.15) is 0 Å². The van der Waals surface area contributed by atoms with Crippen LogP contribution < -0.4 is 0 Å². The maximum atomic E-state index is 11.0. The zero-order valence-corrected chi connectivity index (χ0v) is 10.4. The monoisotopic (exact) mass is 262 g/mol. The molecule has 2 aromatic carbocycles. The molecule has 0 aromatic heterocycles. The van der Waals surface area contributed by atoms with Gasteiger partial charge in [-0.25, -0.2) is 4.79 Å². The predicted octanol–water partition coefficient (Wildman–Crippen LogP) is 3.72. The smallest absolute Gasteiger partial charge is 0.335 e. The minimum atomic E-state index is -1.08. The molecule has 0 saturated heterocycles. The summed E-state index contributed by atoms with van der Waals surface area (Å²) in [5, 5.41) is 19.1. The molecule has 0 amide bonds. The molecule has 92 valence electrons. The van der Waals surface area contributed by atoms with Crippen molar-refractivity contribution in [1.29, 1.82) is 0 Å². The molecular weight excluding hydrogens is 252 g/mol. The second-order valence-electron chi connectivity index (χ2n) is 3.99. The van der Waals surface area contributed by atoms with Gasteiger partial charge in [0, 0.05) is 5.02 Å². The Morgan fingerprint density at radius 2 is 1.94 bits per heavy atom. The molecule has 0 aliphatic heterocycles. The predicted molar refractivity (Wildman–Crippen MR) is 70.2 cm³/mol. The third-order valence-corrected chi connectivity index (χ3v) is 3.15. The van der Waals surface area contributed by atoms with Crippen LogP contribution in [0.15, 0.2) is 36.4 Å². The molecule has 4 heteroatoms. The van der Waals surface area contributed by atoms with E-state index in [1.54, 1.807) is 12.1 Å². The summed E-state index contributed by atoms with van der Waals surface area (Å²) in [5.74, 6) is -1.16. The highest BCUT2D eigenvalue weighted by Crippen LogP contribution is 2.31. The van der Waals surface area contributed by atoms with Crippen molar-refractivity contribution in [1.82, 2.24) is 0 Å². The van der Waals surface area contributed by atoms with Gasteiger partial charge in [0.25, 0.3) is 0 Å². The Labute approximate surface area is 109 Å². The molecule has 0 aliphatic carbocycles. The Hall–Kier alpha value is -2.00. The topological polar surface area (TPSA) is 57.5 Å². The third-order valence-electron chi connectivity index (χ3n) is 2.74. The molecule has 2 aromatic rings. The number of aromatic hydroxyl groups is 1. The lowest BCUT2D eigenvalue weighted by Crippen LogP contribution is -1.96. The average molecular weight is 263 g/mol. The summed E-state index contributed by atoms with van der Waals surface area (Å²) in [4.78, 5) is 11.0. The van der Waals surface area contributed by atoms with Crippen molar-refractivity contribution >= 4 is 17.6 Å². The first-order chi connectivity index (χ1) is 8.49. The number of rotatable bonds is 2. The van der Waals surface area contributed by atoms with Crippen LogP contribution in [-0.2, 0) is 0 Å². The number of hydrogen-bond donors (Lipinski definition) is 2. The molecule has 0 unspecified atom stereocenters. The van der Waals surface area contributed by atoms with E-state index >= 15 is 0 Å². The van der Waals surface area contributed by atoms with Gasteiger partial charge in [-0.1, -0.05) is 23.7 Å². The van der Waals surface area contributed by atoms with E-state index in [1.807, 2.05) is 13.0 Å². The lowest BCUT2D eigenvalue weighted by Gasteiger charge is -2.09. The van der Waals surface area contributed by atoms with E-state index < -0.39 is 5.97 Å². The number of phenols is 1. The summed E-state index contributed by atoms with van der Waals surface area (Å²) >= 11 is 6.03. The van der Waals surface area contributed by atoms with Crippen LogP contribution in [0.3, 0.4) is 0 Å². The van der Waals surface area contributed by atoms with E-state index in [0.717, 1.165) is 11.1 Å². The molecule has 2 N–H and O–H groups in total. The van der Waals surface area contributed by atoms with E-state index in [1.165, 1.54) is 18.2 Å². The largest absolute Gasteiger partial charge is 0.508 e. The maximum absolute atomic E-state index is 11.0. The fourth-order valence-corrected chi connectivity index (χ4v) is 1.98. The minimum Gasteiger partial charge on any atom is -0.508 e. The fourth-order valence-electron chi connectivity index (χ4n) is 1.81. The Morgan fingerprint density at radius 1 is 1.22 bits per heavy atom. The molecule has 3 nitrogen and oxygen atoms in total. The lowest BCUT2D eigenvalue weighted by molar-refractivity contribution is 0.0696. The van der Waals surface area contributed by atoms with E-state index in [9.17, 15) is 9.90 Å². The van der Waals surface area contributed by atoms with Crippen LogP contribution in [0, 0.1) is 6.92 Å². The van der Waals surface area contributed by atoms with Crippen molar-refractivity contribution in [3.8, 4) is 16.9 Å².